The molecule has 2 aromatic carbocycles. The van der Waals surface area contributed by atoms with Crippen LogP contribution in [0.2, 0.25) is 10.0 Å². The van der Waals surface area contributed by atoms with Gasteiger partial charge in [-0.25, -0.2) is 0 Å². The molecule has 1 heterocycles. The number of anilines is 1. The highest BCUT2D eigenvalue weighted by molar-refractivity contribution is 7.99. The Bertz CT molecular complexity index is 1010. The van der Waals surface area contributed by atoms with Gasteiger partial charge in [-0.2, -0.15) is 0 Å². The SMILES string of the molecule is CCn1c(=O)sc2cc(NC(=O)CSCc3ccc(Cl)cc3Cl)ccc21. The number of thioether (sulfide) groups is 1. The predicted octanol–water partition coefficient (Wildman–Crippen LogP) is 5.26. The van der Waals surface area contributed by atoms with Gasteiger partial charge in [-0.1, -0.05) is 40.6 Å². The normalized spacial score (nSPS) is 11.0. The first kappa shape index (κ1) is 19.3. The molecule has 26 heavy (non-hydrogen) atoms. The number of aryl methyl sites for hydroxylation is 1. The predicted molar refractivity (Wildman–Crippen MR) is 113 cm³/mol. The molecule has 4 nitrogen and oxygen atoms in total. The number of nitrogens with zero attached hydrogens (tertiary/aromatic N) is 1. The summed E-state index contributed by atoms with van der Waals surface area (Å²) in [6.45, 7) is 2.57. The van der Waals surface area contributed by atoms with E-state index in [0.717, 1.165) is 15.8 Å². The molecule has 3 aromatic rings. The number of nitrogens with one attached hydrogen (secondary N) is 1. The van der Waals surface area contributed by atoms with Crippen molar-refractivity contribution in [1.29, 1.82) is 0 Å². The molecule has 0 saturated heterocycles. The fourth-order valence-electron chi connectivity index (χ4n) is 2.53. The third kappa shape index (κ3) is 4.43. The van der Waals surface area contributed by atoms with Crippen LogP contribution in [-0.2, 0) is 17.1 Å². The number of benzene rings is 2. The Hall–Kier alpha value is -1.47. The summed E-state index contributed by atoms with van der Waals surface area (Å²) in [6.07, 6.45) is 0. The molecule has 0 bridgehead atoms. The van der Waals surface area contributed by atoms with Gasteiger partial charge in [0, 0.05) is 28.0 Å². The lowest BCUT2D eigenvalue weighted by atomic mass is 10.2. The van der Waals surface area contributed by atoms with Gasteiger partial charge in [0.05, 0.1) is 16.0 Å². The van der Waals surface area contributed by atoms with Crippen LogP contribution in [0, 0.1) is 0 Å². The van der Waals surface area contributed by atoms with Gasteiger partial charge in [0.25, 0.3) is 0 Å². The zero-order valence-electron chi connectivity index (χ0n) is 13.9. The number of halogens is 2. The molecule has 1 amide bonds. The minimum absolute atomic E-state index is 0.0152. The number of hydrogen-bond donors (Lipinski definition) is 1. The third-order valence-corrected chi connectivity index (χ3v) is 6.28. The highest BCUT2D eigenvalue weighted by Crippen LogP contribution is 2.25. The van der Waals surface area contributed by atoms with Crippen molar-refractivity contribution < 1.29 is 4.79 Å². The molecule has 0 fully saturated rings. The van der Waals surface area contributed by atoms with E-state index < -0.39 is 0 Å². The van der Waals surface area contributed by atoms with E-state index in [1.54, 1.807) is 16.7 Å². The van der Waals surface area contributed by atoms with Crippen molar-refractivity contribution in [3.63, 3.8) is 0 Å². The number of hydrogen-bond acceptors (Lipinski definition) is 4. The van der Waals surface area contributed by atoms with Crippen LogP contribution in [-0.4, -0.2) is 16.2 Å². The molecule has 0 spiro atoms. The van der Waals surface area contributed by atoms with E-state index in [1.165, 1.54) is 23.1 Å². The summed E-state index contributed by atoms with van der Waals surface area (Å²) in [7, 11) is 0. The van der Waals surface area contributed by atoms with Gasteiger partial charge in [-0.05, 0) is 42.8 Å². The van der Waals surface area contributed by atoms with E-state index in [0.29, 0.717) is 33.8 Å². The zero-order valence-corrected chi connectivity index (χ0v) is 17.1. The van der Waals surface area contributed by atoms with Crippen molar-refractivity contribution in [2.45, 2.75) is 19.2 Å². The Balaban J connectivity index is 1.59. The van der Waals surface area contributed by atoms with Crippen molar-refractivity contribution in [2.24, 2.45) is 0 Å². The van der Waals surface area contributed by atoms with Crippen molar-refractivity contribution in [1.82, 2.24) is 4.57 Å². The maximum Gasteiger partial charge on any atom is 0.308 e. The van der Waals surface area contributed by atoms with E-state index in [1.807, 2.05) is 31.2 Å². The summed E-state index contributed by atoms with van der Waals surface area (Å²) >= 11 is 14.7. The molecule has 0 aliphatic rings. The van der Waals surface area contributed by atoms with Crippen LogP contribution in [0.25, 0.3) is 10.2 Å². The smallest absolute Gasteiger partial charge is 0.308 e. The standard InChI is InChI=1S/C18H16Cl2N2O2S2/c1-2-22-15-6-5-13(8-16(15)26-18(22)24)21-17(23)10-25-9-11-3-4-12(19)7-14(11)20/h3-8H,2,9-10H2,1H3,(H,21,23). The summed E-state index contributed by atoms with van der Waals surface area (Å²) in [5.74, 6) is 0.841. The summed E-state index contributed by atoms with van der Waals surface area (Å²) in [5.41, 5.74) is 2.53. The minimum Gasteiger partial charge on any atom is -0.325 e. The first-order chi connectivity index (χ1) is 12.5. The fraction of sp³-hybridized carbons (Fsp3) is 0.222. The maximum atomic E-state index is 12.2. The summed E-state index contributed by atoms with van der Waals surface area (Å²) in [6, 6.07) is 10.9. The lowest BCUT2D eigenvalue weighted by Crippen LogP contribution is -2.14. The van der Waals surface area contributed by atoms with Crippen molar-refractivity contribution in [2.75, 3.05) is 11.1 Å². The van der Waals surface area contributed by atoms with E-state index in [4.69, 9.17) is 23.2 Å². The van der Waals surface area contributed by atoms with Crippen LogP contribution in [0.5, 0.6) is 0 Å². The van der Waals surface area contributed by atoms with E-state index in [2.05, 4.69) is 5.32 Å². The lowest BCUT2D eigenvalue weighted by Gasteiger charge is -2.07. The summed E-state index contributed by atoms with van der Waals surface area (Å²) in [4.78, 5) is 24.1. The lowest BCUT2D eigenvalue weighted by molar-refractivity contribution is -0.113. The van der Waals surface area contributed by atoms with Crippen LogP contribution in [0.15, 0.2) is 41.2 Å². The molecular formula is C18H16Cl2N2O2S2. The maximum absolute atomic E-state index is 12.2. The van der Waals surface area contributed by atoms with Crippen LogP contribution in [0.4, 0.5) is 5.69 Å². The number of rotatable bonds is 6. The average molecular weight is 427 g/mol. The second kappa shape index (κ2) is 8.48. The van der Waals surface area contributed by atoms with Crippen LogP contribution in [0.1, 0.15) is 12.5 Å². The van der Waals surface area contributed by atoms with Gasteiger partial charge in [0.15, 0.2) is 0 Å². The van der Waals surface area contributed by atoms with Crippen molar-refractivity contribution in [3.05, 3.63) is 61.7 Å². The number of thiazole rings is 1. The molecular weight excluding hydrogens is 411 g/mol. The van der Waals surface area contributed by atoms with E-state index >= 15 is 0 Å². The van der Waals surface area contributed by atoms with Crippen molar-refractivity contribution in [3.8, 4) is 0 Å². The Kier molecular flexibility index (Phi) is 6.29. The number of amides is 1. The Morgan fingerprint density at radius 1 is 1.23 bits per heavy atom. The molecule has 0 radical (unpaired) electrons. The molecule has 8 heteroatoms. The highest BCUT2D eigenvalue weighted by Gasteiger charge is 2.09. The first-order valence-corrected chi connectivity index (χ1v) is 10.7. The summed E-state index contributed by atoms with van der Waals surface area (Å²) < 4.78 is 2.59. The van der Waals surface area contributed by atoms with Crippen LogP contribution >= 0.6 is 46.3 Å². The Labute approximate surface area is 169 Å². The second-order valence-corrected chi connectivity index (χ2v) is 8.39. The quantitative estimate of drug-likeness (QED) is 0.584. The van der Waals surface area contributed by atoms with Gasteiger partial charge in [-0.15, -0.1) is 11.8 Å². The monoisotopic (exact) mass is 426 g/mol. The topological polar surface area (TPSA) is 51.1 Å². The fourth-order valence-corrected chi connectivity index (χ4v) is 4.91. The highest BCUT2D eigenvalue weighted by atomic mass is 35.5. The second-order valence-electron chi connectivity index (χ2n) is 5.57. The van der Waals surface area contributed by atoms with Gasteiger partial charge < -0.3 is 5.32 Å². The van der Waals surface area contributed by atoms with Gasteiger partial charge in [0.1, 0.15) is 0 Å². The van der Waals surface area contributed by atoms with Gasteiger partial charge in [0.2, 0.25) is 5.91 Å². The Morgan fingerprint density at radius 3 is 2.77 bits per heavy atom. The molecule has 1 N–H and O–H groups in total. The molecule has 0 atom stereocenters. The largest absolute Gasteiger partial charge is 0.325 e. The number of aromatic nitrogens is 1. The summed E-state index contributed by atoms with van der Waals surface area (Å²) in [5, 5.41) is 4.07. The number of carbonyl (C=O) groups is 1. The molecule has 3 rings (SSSR count). The van der Waals surface area contributed by atoms with Crippen LogP contribution < -0.4 is 10.2 Å². The van der Waals surface area contributed by atoms with Gasteiger partial charge in [-0.3, -0.25) is 14.2 Å². The number of carbonyl (C=O) groups excluding carboxylic acids is 1. The molecule has 0 aliphatic heterocycles. The molecule has 0 unspecified atom stereocenters. The third-order valence-electron chi connectivity index (χ3n) is 3.77. The molecule has 1 aromatic heterocycles. The average Bonchev–Trinajstić information content (AvgIpc) is 2.91. The zero-order chi connectivity index (χ0) is 18.7. The van der Waals surface area contributed by atoms with Crippen LogP contribution in [0.3, 0.4) is 0 Å². The number of fused-ring (bicyclic) bond motifs is 1. The Morgan fingerprint density at radius 2 is 2.04 bits per heavy atom. The van der Waals surface area contributed by atoms with Gasteiger partial charge >= 0.3 is 4.87 Å². The van der Waals surface area contributed by atoms with Crippen molar-refractivity contribution >= 4 is 68.1 Å². The minimum atomic E-state index is -0.0956. The van der Waals surface area contributed by atoms with E-state index in [-0.39, 0.29) is 10.8 Å². The first-order valence-electron chi connectivity index (χ1n) is 7.93. The molecule has 136 valence electrons. The molecule has 0 saturated carbocycles. The molecule has 0 aliphatic carbocycles. The van der Waals surface area contributed by atoms with E-state index in [9.17, 15) is 9.59 Å².